The Morgan fingerprint density at radius 1 is 1.21 bits per heavy atom. The normalized spacial score (nSPS) is 22.5. The summed E-state index contributed by atoms with van der Waals surface area (Å²) in [5, 5.41) is 4.87. The summed E-state index contributed by atoms with van der Waals surface area (Å²) >= 11 is 18.8. The molecule has 6 heteroatoms. The first-order valence-corrected chi connectivity index (χ1v) is 7.76. The van der Waals surface area contributed by atoms with Gasteiger partial charge in [0.15, 0.2) is 0 Å². The lowest BCUT2D eigenvalue weighted by Gasteiger charge is -2.36. The highest BCUT2D eigenvalue weighted by Gasteiger charge is 2.39. The Labute approximate surface area is 128 Å². The summed E-state index contributed by atoms with van der Waals surface area (Å²) in [6.07, 6.45) is 4.09. The summed E-state index contributed by atoms with van der Waals surface area (Å²) < 4.78 is 0. The van der Waals surface area contributed by atoms with Crippen molar-refractivity contribution in [1.29, 1.82) is 0 Å². The second kappa shape index (κ2) is 5.74. The number of hydrogen-bond donors (Lipinski definition) is 1. The molecule has 2 heterocycles. The monoisotopic (exact) mass is 319 g/mol. The van der Waals surface area contributed by atoms with Crippen LogP contribution in [0, 0.1) is 5.92 Å². The molecule has 1 aliphatic carbocycles. The Bertz CT molecular complexity index is 470. The second-order valence-corrected chi connectivity index (χ2v) is 6.34. The van der Waals surface area contributed by atoms with Crippen molar-refractivity contribution in [3.8, 4) is 0 Å². The molecule has 19 heavy (non-hydrogen) atoms. The number of halogens is 3. The van der Waals surface area contributed by atoms with Gasteiger partial charge >= 0.3 is 0 Å². The molecule has 0 spiro atoms. The van der Waals surface area contributed by atoms with Crippen LogP contribution in [0.15, 0.2) is 6.20 Å². The predicted molar refractivity (Wildman–Crippen MR) is 79.2 cm³/mol. The van der Waals surface area contributed by atoms with E-state index in [-0.39, 0.29) is 6.04 Å². The van der Waals surface area contributed by atoms with E-state index in [1.165, 1.54) is 12.8 Å². The molecule has 3 nitrogen and oxygen atoms in total. The van der Waals surface area contributed by atoms with Crippen LogP contribution in [0.4, 0.5) is 0 Å². The first-order chi connectivity index (χ1) is 9.18. The van der Waals surface area contributed by atoms with Crippen molar-refractivity contribution in [2.45, 2.75) is 18.9 Å². The summed E-state index contributed by atoms with van der Waals surface area (Å²) in [6.45, 7) is 4.07. The van der Waals surface area contributed by atoms with Crippen LogP contribution in [0.5, 0.6) is 0 Å². The molecule has 0 amide bonds. The van der Waals surface area contributed by atoms with Gasteiger partial charge in [-0.1, -0.05) is 34.8 Å². The van der Waals surface area contributed by atoms with Gasteiger partial charge in [-0.2, -0.15) is 0 Å². The first kappa shape index (κ1) is 13.9. The predicted octanol–water partition coefficient (Wildman–Crippen LogP) is 3.40. The van der Waals surface area contributed by atoms with Crippen LogP contribution in [-0.4, -0.2) is 36.1 Å². The van der Waals surface area contributed by atoms with Crippen molar-refractivity contribution in [1.82, 2.24) is 15.2 Å². The van der Waals surface area contributed by atoms with Crippen LogP contribution < -0.4 is 5.32 Å². The zero-order valence-electron chi connectivity index (χ0n) is 10.5. The zero-order valence-corrected chi connectivity index (χ0v) is 12.8. The van der Waals surface area contributed by atoms with E-state index >= 15 is 0 Å². The second-order valence-electron chi connectivity index (χ2n) is 5.19. The molecule has 3 rings (SSSR count). The molecule has 1 aromatic heterocycles. The van der Waals surface area contributed by atoms with Crippen LogP contribution >= 0.6 is 34.8 Å². The van der Waals surface area contributed by atoms with E-state index in [0.29, 0.717) is 21.1 Å². The van der Waals surface area contributed by atoms with Crippen molar-refractivity contribution in [3.63, 3.8) is 0 Å². The van der Waals surface area contributed by atoms with Crippen molar-refractivity contribution in [2.75, 3.05) is 26.2 Å². The molecule has 1 aliphatic heterocycles. The Hall–Kier alpha value is -0.0600. The summed E-state index contributed by atoms with van der Waals surface area (Å²) in [4.78, 5) is 6.49. The fraction of sp³-hybridized carbons (Fsp3) is 0.615. The molecule has 1 atom stereocenters. The van der Waals surface area contributed by atoms with E-state index in [2.05, 4.69) is 15.2 Å². The Kier molecular flexibility index (Phi) is 4.20. The van der Waals surface area contributed by atoms with Gasteiger partial charge in [0.05, 0.1) is 10.0 Å². The molecule has 0 bridgehead atoms. The fourth-order valence-electron chi connectivity index (χ4n) is 2.82. The van der Waals surface area contributed by atoms with E-state index in [0.717, 1.165) is 31.7 Å². The quantitative estimate of drug-likeness (QED) is 0.865. The Balaban J connectivity index is 1.97. The summed E-state index contributed by atoms with van der Waals surface area (Å²) in [5.41, 5.74) is 0.965. The van der Waals surface area contributed by atoms with Gasteiger partial charge in [0.2, 0.25) is 0 Å². The van der Waals surface area contributed by atoms with E-state index in [1.54, 1.807) is 6.20 Å². The fourth-order valence-corrected chi connectivity index (χ4v) is 3.53. The molecule has 0 aromatic carbocycles. The largest absolute Gasteiger partial charge is 0.314 e. The highest BCUT2D eigenvalue weighted by molar-refractivity contribution is 6.43. The SMILES string of the molecule is Clc1cnc(Cl)c(Cl)c1[C@@H](C1CC1)N1CCNCC1. The maximum Gasteiger partial charge on any atom is 0.148 e. The maximum absolute atomic E-state index is 6.36. The Morgan fingerprint density at radius 3 is 2.53 bits per heavy atom. The lowest BCUT2D eigenvalue weighted by Crippen LogP contribution is -2.45. The van der Waals surface area contributed by atoms with Gasteiger partial charge in [0.1, 0.15) is 5.15 Å². The number of nitrogens with one attached hydrogen (secondary N) is 1. The highest BCUT2D eigenvalue weighted by atomic mass is 35.5. The molecule has 0 unspecified atom stereocenters. The van der Waals surface area contributed by atoms with Gasteiger partial charge in [0, 0.05) is 44.0 Å². The minimum absolute atomic E-state index is 0.280. The number of aromatic nitrogens is 1. The standard InChI is InChI=1S/C13H16Cl3N3/c14-9-7-18-13(16)11(15)10(9)12(8-1-2-8)19-5-3-17-4-6-19/h7-8,12,17H,1-6H2/t12-/m1/s1. The van der Waals surface area contributed by atoms with Gasteiger partial charge < -0.3 is 5.32 Å². The van der Waals surface area contributed by atoms with Crippen LogP contribution in [0.3, 0.4) is 0 Å². The molecule has 1 aromatic rings. The third-order valence-electron chi connectivity index (χ3n) is 3.88. The molecule has 104 valence electrons. The van der Waals surface area contributed by atoms with Gasteiger partial charge in [-0.15, -0.1) is 0 Å². The van der Waals surface area contributed by atoms with Gasteiger partial charge in [-0.3, -0.25) is 4.90 Å². The lowest BCUT2D eigenvalue weighted by molar-refractivity contribution is 0.156. The lowest BCUT2D eigenvalue weighted by atomic mass is 10.0. The molecule has 1 saturated heterocycles. The van der Waals surface area contributed by atoms with Gasteiger partial charge in [0.25, 0.3) is 0 Å². The minimum atomic E-state index is 0.280. The Morgan fingerprint density at radius 2 is 1.89 bits per heavy atom. The summed E-state index contributed by atoms with van der Waals surface area (Å²) in [7, 11) is 0. The summed E-state index contributed by atoms with van der Waals surface area (Å²) in [5.74, 6) is 0.645. The molecule has 2 fully saturated rings. The maximum atomic E-state index is 6.36. The van der Waals surface area contributed by atoms with Crippen molar-refractivity contribution in [2.24, 2.45) is 5.92 Å². The van der Waals surface area contributed by atoms with Crippen molar-refractivity contribution >= 4 is 34.8 Å². The number of pyridine rings is 1. The number of nitrogens with zero attached hydrogens (tertiary/aromatic N) is 2. The number of rotatable bonds is 3. The number of piperazine rings is 1. The van der Waals surface area contributed by atoms with E-state index in [9.17, 15) is 0 Å². The van der Waals surface area contributed by atoms with Crippen LogP contribution in [0.2, 0.25) is 15.2 Å². The van der Waals surface area contributed by atoms with Crippen LogP contribution in [-0.2, 0) is 0 Å². The van der Waals surface area contributed by atoms with E-state index in [1.807, 2.05) is 0 Å². The smallest absolute Gasteiger partial charge is 0.148 e. The molecule has 1 saturated carbocycles. The average Bonchev–Trinajstić information content (AvgIpc) is 3.24. The third kappa shape index (κ3) is 2.86. The summed E-state index contributed by atoms with van der Waals surface area (Å²) in [6, 6.07) is 0.280. The number of hydrogen-bond acceptors (Lipinski definition) is 3. The molecular weight excluding hydrogens is 305 g/mol. The van der Waals surface area contributed by atoms with Gasteiger partial charge in [-0.25, -0.2) is 4.98 Å². The van der Waals surface area contributed by atoms with Crippen molar-refractivity contribution < 1.29 is 0 Å². The van der Waals surface area contributed by atoms with E-state index in [4.69, 9.17) is 34.8 Å². The minimum Gasteiger partial charge on any atom is -0.314 e. The molecule has 0 radical (unpaired) electrons. The third-order valence-corrected chi connectivity index (χ3v) is 4.94. The molecule has 1 N–H and O–H groups in total. The van der Waals surface area contributed by atoms with E-state index < -0.39 is 0 Å². The van der Waals surface area contributed by atoms with Crippen molar-refractivity contribution in [3.05, 3.63) is 27.0 Å². The zero-order chi connectivity index (χ0) is 13.4. The average molecular weight is 321 g/mol. The van der Waals surface area contributed by atoms with Crippen LogP contribution in [0.1, 0.15) is 24.4 Å². The topological polar surface area (TPSA) is 28.2 Å². The highest BCUT2D eigenvalue weighted by Crippen LogP contribution is 2.49. The molecule has 2 aliphatic rings. The van der Waals surface area contributed by atoms with Crippen LogP contribution in [0.25, 0.3) is 0 Å². The first-order valence-electron chi connectivity index (χ1n) is 6.62. The molecular formula is C13H16Cl3N3. The van der Waals surface area contributed by atoms with Gasteiger partial charge in [-0.05, 0) is 18.8 Å².